The molecule has 0 aromatic carbocycles. The van der Waals surface area contributed by atoms with Crippen LogP contribution >= 0.6 is 0 Å². The monoisotopic (exact) mass is 295 g/mol. The van der Waals surface area contributed by atoms with Gasteiger partial charge < -0.3 is 15.2 Å². The van der Waals surface area contributed by atoms with Crippen molar-refractivity contribution < 1.29 is 19.4 Å². The Balaban J connectivity index is 2.62. The molecule has 0 aromatic rings. The first-order chi connectivity index (χ1) is 10.0. The molecular formula is C16H25NO4. The lowest BCUT2D eigenvalue weighted by atomic mass is 9.89. The van der Waals surface area contributed by atoms with Gasteiger partial charge in [-0.2, -0.15) is 0 Å². The maximum atomic E-state index is 11.3. The SMILES string of the molecule is CCOC(=O)C=CC(C(=O)O)=C(C)NCC1CCCCC1. The second-order valence-electron chi connectivity index (χ2n) is 5.31. The summed E-state index contributed by atoms with van der Waals surface area (Å²) < 4.78 is 4.75. The summed E-state index contributed by atoms with van der Waals surface area (Å²) in [6.45, 7) is 4.49. The zero-order valence-corrected chi connectivity index (χ0v) is 12.9. The third-order valence-corrected chi connectivity index (χ3v) is 3.69. The van der Waals surface area contributed by atoms with Crippen molar-refractivity contribution in [1.82, 2.24) is 5.32 Å². The molecule has 0 aliphatic heterocycles. The van der Waals surface area contributed by atoms with Gasteiger partial charge in [0, 0.05) is 18.3 Å². The van der Waals surface area contributed by atoms with Crippen LogP contribution < -0.4 is 5.32 Å². The molecule has 0 atom stereocenters. The lowest BCUT2D eigenvalue weighted by molar-refractivity contribution is -0.137. The number of carbonyl (C=O) groups excluding carboxylic acids is 1. The summed E-state index contributed by atoms with van der Waals surface area (Å²) in [5.74, 6) is -0.974. The second-order valence-corrected chi connectivity index (χ2v) is 5.31. The number of carbonyl (C=O) groups is 2. The highest BCUT2D eigenvalue weighted by Gasteiger charge is 2.14. The van der Waals surface area contributed by atoms with E-state index in [1.165, 1.54) is 38.2 Å². The molecule has 0 unspecified atom stereocenters. The van der Waals surface area contributed by atoms with Crippen LogP contribution in [0.3, 0.4) is 0 Å². The number of allylic oxidation sites excluding steroid dienone is 1. The van der Waals surface area contributed by atoms with Gasteiger partial charge in [-0.3, -0.25) is 0 Å². The van der Waals surface area contributed by atoms with E-state index in [1.54, 1.807) is 13.8 Å². The molecular weight excluding hydrogens is 270 g/mol. The first-order valence-electron chi connectivity index (χ1n) is 7.57. The minimum Gasteiger partial charge on any atom is -0.478 e. The van der Waals surface area contributed by atoms with Crippen molar-refractivity contribution in [2.45, 2.75) is 46.0 Å². The third kappa shape index (κ3) is 6.47. The molecule has 0 amide bonds. The molecule has 0 heterocycles. The molecule has 0 aromatic heterocycles. The quantitative estimate of drug-likeness (QED) is 0.429. The summed E-state index contributed by atoms with van der Waals surface area (Å²) >= 11 is 0. The van der Waals surface area contributed by atoms with Crippen LogP contribution in [0.25, 0.3) is 0 Å². The van der Waals surface area contributed by atoms with E-state index in [1.807, 2.05) is 0 Å². The molecule has 0 spiro atoms. The number of aliphatic carboxylic acids is 1. The maximum Gasteiger partial charge on any atom is 0.337 e. The molecule has 0 radical (unpaired) electrons. The number of hydrogen-bond acceptors (Lipinski definition) is 4. The third-order valence-electron chi connectivity index (χ3n) is 3.69. The van der Waals surface area contributed by atoms with E-state index in [4.69, 9.17) is 4.74 Å². The summed E-state index contributed by atoms with van der Waals surface area (Å²) in [6, 6.07) is 0. The molecule has 1 saturated carbocycles. The van der Waals surface area contributed by atoms with Crippen LogP contribution in [-0.4, -0.2) is 30.2 Å². The van der Waals surface area contributed by atoms with Gasteiger partial charge in [-0.05, 0) is 38.7 Å². The Morgan fingerprint density at radius 2 is 1.90 bits per heavy atom. The Labute approximate surface area is 126 Å². The minimum atomic E-state index is -1.05. The predicted octanol–water partition coefficient (Wildman–Crippen LogP) is 2.63. The summed E-state index contributed by atoms with van der Waals surface area (Å²) in [5, 5.41) is 12.4. The number of carboxylic acid groups (broad SMARTS) is 1. The van der Waals surface area contributed by atoms with Crippen LogP contribution in [0.4, 0.5) is 0 Å². The Morgan fingerprint density at radius 1 is 1.24 bits per heavy atom. The van der Waals surface area contributed by atoms with Gasteiger partial charge >= 0.3 is 11.9 Å². The zero-order chi connectivity index (χ0) is 15.7. The molecule has 5 nitrogen and oxygen atoms in total. The average Bonchev–Trinajstić information content (AvgIpc) is 2.46. The Kier molecular flexibility index (Phi) is 7.58. The van der Waals surface area contributed by atoms with Crippen molar-refractivity contribution in [2.75, 3.05) is 13.2 Å². The lowest BCUT2D eigenvalue weighted by Gasteiger charge is -2.22. The van der Waals surface area contributed by atoms with Crippen LogP contribution in [0.2, 0.25) is 0 Å². The highest BCUT2D eigenvalue weighted by molar-refractivity contribution is 5.93. The number of esters is 1. The number of carboxylic acids is 1. The summed E-state index contributed by atoms with van der Waals surface area (Å²) in [4.78, 5) is 22.5. The van der Waals surface area contributed by atoms with Crippen LogP contribution in [0.15, 0.2) is 23.4 Å². The molecule has 1 rings (SSSR count). The zero-order valence-electron chi connectivity index (χ0n) is 12.9. The van der Waals surface area contributed by atoms with Gasteiger partial charge in [0.25, 0.3) is 0 Å². The molecule has 0 bridgehead atoms. The van der Waals surface area contributed by atoms with Gasteiger partial charge in [-0.15, -0.1) is 0 Å². The van der Waals surface area contributed by atoms with E-state index in [-0.39, 0.29) is 12.2 Å². The molecule has 2 N–H and O–H groups in total. The van der Waals surface area contributed by atoms with Gasteiger partial charge in [0.15, 0.2) is 0 Å². The average molecular weight is 295 g/mol. The normalized spacial score (nSPS) is 17.4. The van der Waals surface area contributed by atoms with Crippen molar-refractivity contribution >= 4 is 11.9 Å². The number of hydrogen-bond donors (Lipinski definition) is 2. The Morgan fingerprint density at radius 3 is 2.48 bits per heavy atom. The molecule has 0 saturated heterocycles. The Bertz CT molecular complexity index is 420. The van der Waals surface area contributed by atoms with Crippen molar-refractivity contribution in [3.8, 4) is 0 Å². The number of ether oxygens (including phenoxy) is 1. The molecule has 1 aliphatic rings. The number of rotatable bonds is 7. The van der Waals surface area contributed by atoms with Crippen LogP contribution in [-0.2, 0) is 14.3 Å². The van der Waals surface area contributed by atoms with Crippen molar-refractivity contribution in [2.24, 2.45) is 5.92 Å². The molecule has 5 heteroatoms. The maximum absolute atomic E-state index is 11.3. The molecule has 1 aliphatic carbocycles. The van der Waals surface area contributed by atoms with Gasteiger partial charge in [-0.25, -0.2) is 9.59 Å². The topological polar surface area (TPSA) is 75.6 Å². The van der Waals surface area contributed by atoms with E-state index in [0.29, 0.717) is 11.6 Å². The fourth-order valence-corrected chi connectivity index (χ4v) is 2.48. The lowest BCUT2D eigenvalue weighted by Crippen LogP contribution is -2.25. The summed E-state index contributed by atoms with van der Waals surface area (Å²) in [6.07, 6.45) is 8.65. The van der Waals surface area contributed by atoms with Gasteiger partial charge in [-0.1, -0.05) is 19.3 Å². The van der Waals surface area contributed by atoms with E-state index in [0.717, 1.165) is 12.6 Å². The summed E-state index contributed by atoms with van der Waals surface area (Å²) in [5.41, 5.74) is 0.674. The largest absolute Gasteiger partial charge is 0.478 e. The predicted molar refractivity (Wildman–Crippen MR) is 80.7 cm³/mol. The minimum absolute atomic E-state index is 0.0962. The second kappa shape index (κ2) is 9.21. The van der Waals surface area contributed by atoms with Crippen molar-refractivity contribution in [1.29, 1.82) is 0 Å². The Hall–Kier alpha value is -1.78. The number of nitrogens with one attached hydrogen (secondary N) is 1. The van der Waals surface area contributed by atoms with E-state index in [9.17, 15) is 14.7 Å². The standard InChI is InChI=1S/C16H25NO4/c1-3-21-15(18)10-9-14(16(19)20)12(2)17-11-13-7-5-4-6-8-13/h9-10,13,17H,3-8,11H2,1-2H3,(H,19,20). The van der Waals surface area contributed by atoms with Crippen LogP contribution in [0, 0.1) is 5.92 Å². The van der Waals surface area contributed by atoms with E-state index < -0.39 is 11.9 Å². The molecule has 118 valence electrons. The van der Waals surface area contributed by atoms with Crippen LogP contribution in [0.1, 0.15) is 46.0 Å². The van der Waals surface area contributed by atoms with E-state index in [2.05, 4.69) is 5.32 Å². The van der Waals surface area contributed by atoms with Gasteiger partial charge in [0.05, 0.1) is 12.2 Å². The molecule has 21 heavy (non-hydrogen) atoms. The highest BCUT2D eigenvalue weighted by Crippen LogP contribution is 2.23. The van der Waals surface area contributed by atoms with Crippen LogP contribution in [0.5, 0.6) is 0 Å². The van der Waals surface area contributed by atoms with Crippen molar-refractivity contribution in [3.63, 3.8) is 0 Å². The first-order valence-corrected chi connectivity index (χ1v) is 7.57. The molecule has 1 fully saturated rings. The fraction of sp³-hybridized carbons (Fsp3) is 0.625. The smallest absolute Gasteiger partial charge is 0.337 e. The summed E-state index contributed by atoms with van der Waals surface area (Å²) in [7, 11) is 0. The van der Waals surface area contributed by atoms with Gasteiger partial charge in [0.1, 0.15) is 0 Å². The van der Waals surface area contributed by atoms with Crippen molar-refractivity contribution in [3.05, 3.63) is 23.4 Å². The first kappa shape index (κ1) is 17.3. The fourth-order valence-electron chi connectivity index (χ4n) is 2.48. The highest BCUT2D eigenvalue weighted by atomic mass is 16.5. The van der Waals surface area contributed by atoms with Gasteiger partial charge in [0.2, 0.25) is 0 Å². The van der Waals surface area contributed by atoms with E-state index >= 15 is 0 Å².